The molecule has 2 heterocycles. The van der Waals surface area contributed by atoms with Crippen LogP contribution < -0.4 is 5.32 Å². The molecule has 1 aromatic rings. The molecule has 19 heavy (non-hydrogen) atoms. The van der Waals surface area contributed by atoms with Crippen molar-refractivity contribution in [2.75, 3.05) is 6.54 Å². The third kappa shape index (κ3) is 2.94. The van der Waals surface area contributed by atoms with Crippen LogP contribution in [-0.2, 0) is 16.1 Å². The zero-order valence-corrected chi connectivity index (χ0v) is 11.5. The molecule has 0 aromatic carbocycles. The van der Waals surface area contributed by atoms with Gasteiger partial charge in [0, 0.05) is 13.0 Å². The topological polar surface area (TPSA) is 75.4 Å². The number of nitrogens with zero attached hydrogens (tertiary/aromatic N) is 2. The molecule has 0 spiro atoms. The van der Waals surface area contributed by atoms with Crippen molar-refractivity contribution in [2.24, 2.45) is 0 Å². The van der Waals surface area contributed by atoms with E-state index >= 15 is 0 Å². The van der Waals surface area contributed by atoms with Gasteiger partial charge in [-0.25, -0.2) is 4.98 Å². The first-order valence-corrected chi connectivity index (χ1v) is 6.52. The maximum absolute atomic E-state index is 12.3. The van der Waals surface area contributed by atoms with Gasteiger partial charge in [0.1, 0.15) is 11.8 Å². The largest absolute Gasteiger partial charge is 0.444 e. The van der Waals surface area contributed by atoms with Gasteiger partial charge in [-0.15, -0.1) is 0 Å². The van der Waals surface area contributed by atoms with Crippen molar-refractivity contribution in [1.29, 1.82) is 0 Å². The maximum Gasteiger partial charge on any atom is 0.245 e. The summed E-state index contributed by atoms with van der Waals surface area (Å²) in [5.74, 6) is 1.13. The highest BCUT2D eigenvalue weighted by molar-refractivity contribution is 5.89. The molecule has 1 atom stereocenters. The summed E-state index contributed by atoms with van der Waals surface area (Å²) in [7, 11) is 0. The molecule has 1 aliphatic rings. The zero-order chi connectivity index (χ0) is 14.0. The molecule has 6 nitrogen and oxygen atoms in total. The zero-order valence-electron chi connectivity index (χ0n) is 11.5. The van der Waals surface area contributed by atoms with E-state index in [1.165, 1.54) is 0 Å². The van der Waals surface area contributed by atoms with Gasteiger partial charge in [-0.1, -0.05) is 6.92 Å². The number of hydrogen-bond donors (Lipinski definition) is 1. The molecule has 0 radical (unpaired) electrons. The standard InChI is InChI=1S/C13H19N3O3/c1-4-10-13(18)16(6-5-11(17)15-10)7-12-14-8(2)9(3)19-12/h10H,4-7H2,1-3H3,(H,15,17). The number of aromatic nitrogens is 1. The monoisotopic (exact) mass is 265 g/mol. The van der Waals surface area contributed by atoms with E-state index in [0.29, 0.717) is 31.8 Å². The first-order valence-electron chi connectivity index (χ1n) is 6.52. The molecular weight excluding hydrogens is 246 g/mol. The fraction of sp³-hybridized carbons (Fsp3) is 0.615. The average Bonchev–Trinajstić information content (AvgIpc) is 2.62. The molecule has 0 aliphatic carbocycles. The highest BCUT2D eigenvalue weighted by Gasteiger charge is 2.29. The minimum Gasteiger partial charge on any atom is -0.444 e. The first-order chi connectivity index (χ1) is 9.01. The van der Waals surface area contributed by atoms with E-state index in [-0.39, 0.29) is 11.8 Å². The molecule has 104 valence electrons. The molecule has 1 aliphatic heterocycles. The van der Waals surface area contributed by atoms with Gasteiger partial charge in [0.25, 0.3) is 0 Å². The van der Waals surface area contributed by atoms with Crippen molar-refractivity contribution in [2.45, 2.75) is 46.2 Å². The van der Waals surface area contributed by atoms with Gasteiger partial charge in [0.2, 0.25) is 17.7 Å². The van der Waals surface area contributed by atoms with Crippen molar-refractivity contribution in [1.82, 2.24) is 15.2 Å². The smallest absolute Gasteiger partial charge is 0.245 e. The number of aryl methyl sites for hydroxylation is 2. The number of amides is 2. The molecule has 0 bridgehead atoms. The van der Waals surface area contributed by atoms with Crippen LogP contribution in [0.15, 0.2) is 4.42 Å². The summed E-state index contributed by atoms with van der Waals surface area (Å²) in [5, 5.41) is 2.73. The second-order valence-corrected chi connectivity index (χ2v) is 4.79. The van der Waals surface area contributed by atoms with Gasteiger partial charge in [0.05, 0.1) is 12.2 Å². The molecule has 0 saturated carbocycles. The van der Waals surface area contributed by atoms with Crippen molar-refractivity contribution in [3.8, 4) is 0 Å². The van der Waals surface area contributed by atoms with Crippen LogP contribution in [0.3, 0.4) is 0 Å². The van der Waals surface area contributed by atoms with Crippen molar-refractivity contribution in [3.63, 3.8) is 0 Å². The van der Waals surface area contributed by atoms with E-state index < -0.39 is 6.04 Å². The van der Waals surface area contributed by atoms with E-state index in [4.69, 9.17) is 4.42 Å². The van der Waals surface area contributed by atoms with Crippen molar-refractivity contribution >= 4 is 11.8 Å². The maximum atomic E-state index is 12.3. The lowest BCUT2D eigenvalue weighted by molar-refractivity contribution is -0.134. The van der Waals surface area contributed by atoms with Crippen LogP contribution in [-0.4, -0.2) is 34.3 Å². The van der Waals surface area contributed by atoms with Crippen molar-refractivity contribution in [3.05, 3.63) is 17.3 Å². The predicted molar refractivity (Wildman–Crippen MR) is 68.2 cm³/mol. The Morgan fingerprint density at radius 3 is 2.74 bits per heavy atom. The van der Waals surface area contributed by atoms with Gasteiger partial charge >= 0.3 is 0 Å². The normalized spacial score (nSPS) is 20.4. The Kier molecular flexibility index (Phi) is 3.87. The summed E-state index contributed by atoms with van der Waals surface area (Å²) in [6.45, 7) is 6.31. The van der Waals surface area contributed by atoms with Gasteiger partial charge in [-0.05, 0) is 20.3 Å². The fourth-order valence-corrected chi connectivity index (χ4v) is 2.10. The molecule has 1 saturated heterocycles. The minimum absolute atomic E-state index is 0.0677. The number of rotatable bonds is 3. The second kappa shape index (κ2) is 5.42. The number of hydrogen-bond acceptors (Lipinski definition) is 4. The minimum atomic E-state index is -0.438. The summed E-state index contributed by atoms with van der Waals surface area (Å²) in [6.07, 6.45) is 0.908. The first kappa shape index (κ1) is 13.6. The summed E-state index contributed by atoms with van der Waals surface area (Å²) >= 11 is 0. The highest BCUT2D eigenvalue weighted by atomic mass is 16.4. The van der Waals surface area contributed by atoms with E-state index in [1.807, 2.05) is 20.8 Å². The number of oxazole rings is 1. The van der Waals surface area contributed by atoms with Crippen LogP contribution in [0.2, 0.25) is 0 Å². The van der Waals surface area contributed by atoms with Crippen LogP contribution in [0.1, 0.15) is 37.1 Å². The van der Waals surface area contributed by atoms with Gasteiger partial charge in [-0.2, -0.15) is 0 Å². The van der Waals surface area contributed by atoms with Gasteiger partial charge in [0.15, 0.2) is 0 Å². The Bertz CT molecular complexity index is 476. The molecular formula is C13H19N3O3. The SMILES string of the molecule is CCC1NC(=O)CCN(Cc2nc(C)c(C)o2)C1=O. The van der Waals surface area contributed by atoms with E-state index in [2.05, 4.69) is 10.3 Å². The van der Waals surface area contributed by atoms with Crippen LogP contribution in [0.25, 0.3) is 0 Å². The number of carbonyl (C=O) groups is 2. The lowest BCUT2D eigenvalue weighted by Crippen LogP contribution is -2.43. The number of carbonyl (C=O) groups excluding carboxylic acids is 2. The predicted octanol–water partition coefficient (Wildman–Crippen LogP) is 0.919. The van der Waals surface area contributed by atoms with E-state index in [0.717, 1.165) is 11.5 Å². The molecule has 2 amide bonds. The second-order valence-electron chi connectivity index (χ2n) is 4.79. The summed E-state index contributed by atoms with van der Waals surface area (Å²) < 4.78 is 5.49. The Hall–Kier alpha value is -1.85. The van der Waals surface area contributed by atoms with Crippen LogP contribution in [0.4, 0.5) is 0 Å². The molecule has 1 unspecified atom stereocenters. The highest BCUT2D eigenvalue weighted by Crippen LogP contribution is 2.14. The molecule has 1 fully saturated rings. The van der Waals surface area contributed by atoms with Gasteiger partial charge in [-0.3, -0.25) is 9.59 Å². The average molecular weight is 265 g/mol. The van der Waals surface area contributed by atoms with E-state index in [1.54, 1.807) is 4.90 Å². The van der Waals surface area contributed by atoms with Crippen LogP contribution >= 0.6 is 0 Å². The fourth-order valence-electron chi connectivity index (χ4n) is 2.10. The third-order valence-corrected chi connectivity index (χ3v) is 3.36. The van der Waals surface area contributed by atoms with E-state index in [9.17, 15) is 9.59 Å². The molecule has 2 rings (SSSR count). The van der Waals surface area contributed by atoms with Crippen LogP contribution in [0, 0.1) is 13.8 Å². The van der Waals surface area contributed by atoms with Gasteiger partial charge < -0.3 is 14.6 Å². The summed E-state index contributed by atoms with van der Waals surface area (Å²) in [4.78, 5) is 29.7. The molecule has 1 aromatic heterocycles. The summed E-state index contributed by atoms with van der Waals surface area (Å²) in [6, 6.07) is -0.438. The third-order valence-electron chi connectivity index (χ3n) is 3.36. The Labute approximate surface area is 112 Å². The Morgan fingerprint density at radius 2 is 2.16 bits per heavy atom. The quantitative estimate of drug-likeness (QED) is 0.881. The molecule has 6 heteroatoms. The number of nitrogens with one attached hydrogen (secondary N) is 1. The Morgan fingerprint density at radius 1 is 1.42 bits per heavy atom. The summed E-state index contributed by atoms with van der Waals surface area (Å²) in [5.41, 5.74) is 0.832. The lowest BCUT2D eigenvalue weighted by atomic mass is 10.2. The van der Waals surface area contributed by atoms with Crippen molar-refractivity contribution < 1.29 is 14.0 Å². The van der Waals surface area contributed by atoms with Crippen LogP contribution in [0.5, 0.6) is 0 Å². The molecule has 1 N–H and O–H groups in total. The lowest BCUT2D eigenvalue weighted by Gasteiger charge is -2.21. The Balaban J connectivity index is 2.13.